The van der Waals surface area contributed by atoms with Gasteiger partial charge < -0.3 is 9.15 Å². The topological polar surface area (TPSA) is 55.0 Å². The van der Waals surface area contributed by atoms with Crippen LogP contribution in [0, 0.1) is 12.7 Å². The van der Waals surface area contributed by atoms with E-state index in [2.05, 4.69) is 5.10 Å². The number of rotatable bonds is 5. The molecule has 0 unspecified atom stereocenters. The van der Waals surface area contributed by atoms with Crippen molar-refractivity contribution in [2.45, 2.75) is 19.4 Å². The van der Waals surface area contributed by atoms with E-state index in [1.165, 1.54) is 23.2 Å². The van der Waals surface area contributed by atoms with Gasteiger partial charge in [-0.1, -0.05) is 41.4 Å². The van der Waals surface area contributed by atoms with Crippen molar-refractivity contribution in [2.75, 3.05) is 6.61 Å². The van der Waals surface area contributed by atoms with E-state index in [9.17, 15) is 9.18 Å². The maximum atomic E-state index is 13.3. The van der Waals surface area contributed by atoms with Gasteiger partial charge in [0, 0.05) is 12.5 Å². The lowest BCUT2D eigenvalue weighted by molar-refractivity contribution is -0.135. The molecule has 1 aliphatic heterocycles. The molecule has 2 heterocycles. The zero-order chi connectivity index (χ0) is 20.4. The van der Waals surface area contributed by atoms with Crippen LogP contribution in [0.3, 0.4) is 0 Å². The van der Waals surface area contributed by atoms with Crippen LogP contribution >= 0.6 is 11.6 Å². The van der Waals surface area contributed by atoms with Gasteiger partial charge in [0.05, 0.1) is 17.0 Å². The maximum absolute atomic E-state index is 13.3. The average molecular weight is 413 g/mol. The Morgan fingerprint density at radius 1 is 1.28 bits per heavy atom. The van der Waals surface area contributed by atoms with Gasteiger partial charge in [0.1, 0.15) is 23.4 Å². The van der Waals surface area contributed by atoms with Crippen LogP contribution in [-0.4, -0.2) is 23.2 Å². The molecule has 3 aromatic rings. The summed E-state index contributed by atoms with van der Waals surface area (Å²) in [5.74, 6) is 0.0688. The van der Waals surface area contributed by atoms with Gasteiger partial charge in [-0.25, -0.2) is 9.40 Å². The molecule has 1 aliphatic rings. The lowest BCUT2D eigenvalue weighted by Crippen LogP contribution is -2.31. The number of aryl methyl sites for hydroxylation is 1. The number of hydrogen-bond acceptors (Lipinski definition) is 4. The third-order valence-corrected chi connectivity index (χ3v) is 4.97. The van der Waals surface area contributed by atoms with Gasteiger partial charge >= 0.3 is 0 Å². The molecule has 2 aromatic carbocycles. The summed E-state index contributed by atoms with van der Waals surface area (Å²) in [5, 5.41) is 5.87. The Hall–Kier alpha value is -3.12. The van der Waals surface area contributed by atoms with Crippen molar-refractivity contribution in [3.8, 4) is 5.75 Å². The first-order valence-electron chi connectivity index (χ1n) is 9.09. The molecule has 0 aliphatic carbocycles. The Bertz CT molecular complexity index is 1050. The second-order valence-corrected chi connectivity index (χ2v) is 7.16. The fourth-order valence-corrected chi connectivity index (χ4v) is 3.31. The molecule has 5 nitrogen and oxygen atoms in total. The Labute approximate surface area is 172 Å². The number of carbonyl (C=O) groups is 1. The lowest BCUT2D eigenvalue weighted by Gasteiger charge is -2.20. The van der Waals surface area contributed by atoms with E-state index in [1.807, 2.05) is 37.3 Å². The molecule has 148 valence electrons. The number of nitrogens with zero attached hydrogens (tertiary/aromatic N) is 2. The number of benzene rings is 2. The van der Waals surface area contributed by atoms with Gasteiger partial charge in [0.2, 0.25) is 0 Å². The van der Waals surface area contributed by atoms with E-state index >= 15 is 0 Å². The highest BCUT2D eigenvalue weighted by Gasteiger charge is 2.35. The van der Waals surface area contributed by atoms with Crippen LogP contribution in [-0.2, 0) is 4.79 Å². The summed E-state index contributed by atoms with van der Waals surface area (Å²) in [6, 6.07) is 15.2. The number of hydrogen-bond donors (Lipinski definition) is 0. The third-order valence-electron chi connectivity index (χ3n) is 4.68. The number of amides is 1. The minimum atomic E-state index is -0.546. The van der Waals surface area contributed by atoms with Gasteiger partial charge in [-0.15, -0.1) is 0 Å². The van der Waals surface area contributed by atoms with Gasteiger partial charge in [-0.2, -0.15) is 5.10 Å². The van der Waals surface area contributed by atoms with Crippen molar-refractivity contribution < 1.29 is 18.3 Å². The highest BCUT2D eigenvalue weighted by atomic mass is 35.5. The van der Waals surface area contributed by atoms with Crippen LogP contribution in [0.25, 0.3) is 0 Å². The number of furan rings is 1. The average Bonchev–Trinajstić information content (AvgIpc) is 3.39. The molecule has 1 atom stereocenters. The largest absolute Gasteiger partial charge is 0.484 e. The lowest BCUT2D eigenvalue weighted by atomic mass is 10.0. The fraction of sp³-hybridized carbons (Fsp3) is 0.182. The molecule has 0 bridgehead atoms. The summed E-state index contributed by atoms with van der Waals surface area (Å²) in [7, 11) is 0. The van der Waals surface area contributed by atoms with Gasteiger partial charge in [0.15, 0.2) is 6.61 Å². The van der Waals surface area contributed by atoms with Crippen LogP contribution in [0.2, 0.25) is 5.02 Å². The molecule has 0 saturated carbocycles. The Balaban J connectivity index is 1.54. The molecular formula is C22H18ClFN2O3. The zero-order valence-electron chi connectivity index (χ0n) is 15.6. The van der Waals surface area contributed by atoms with Crippen molar-refractivity contribution in [3.05, 3.63) is 88.6 Å². The highest BCUT2D eigenvalue weighted by molar-refractivity contribution is 6.30. The molecule has 1 amide bonds. The quantitative estimate of drug-likeness (QED) is 0.583. The summed E-state index contributed by atoms with van der Waals surface area (Å²) in [6.07, 6.45) is 2.10. The maximum Gasteiger partial charge on any atom is 0.281 e. The van der Waals surface area contributed by atoms with Crippen molar-refractivity contribution in [1.29, 1.82) is 0 Å². The summed E-state index contributed by atoms with van der Waals surface area (Å²) in [4.78, 5) is 12.9. The number of halogens is 2. The van der Waals surface area contributed by atoms with Crippen LogP contribution in [0.15, 0.2) is 70.4 Å². The molecule has 1 aromatic heterocycles. The summed E-state index contributed by atoms with van der Waals surface area (Å²) < 4.78 is 24.3. The molecule has 4 rings (SSSR count). The van der Waals surface area contributed by atoms with Crippen molar-refractivity contribution in [3.63, 3.8) is 0 Å². The summed E-state index contributed by atoms with van der Waals surface area (Å²) in [6.45, 7) is 1.75. The predicted molar refractivity (Wildman–Crippen MR) is 108 cm³/mol. The minimum absolute atomic E-state index is 0.0655. The van der Waals surface area contributed by atoms with Crippen LogP contribution in [0.5, 0.6) is 5.75 Å². The smallest absolute Gasteiger partial charge is 0.281 e. The number of carbonyl (C=O) groups excluding carboxylic acids is 1. The molecule has 0 N–H and O–H groups in total. The zero-order valence-corrected chi connectivity index (χ0v) is 16.4. The molecular weight excluding hydrogens is 395 g/mol. The van der Waals surface area contributed by atoms with Crippen LogP contribution in [0.1, 0.15) is 29.3 Å². The van der Waals surface area contributed by atoms with Crippen molar-refractivity contribution in [1.82, 2.24) is 5.01 Å². The predicted octanol–water partition coefficient (Wildman–Crippen LogP) is 5.14. The van der Waals surface area contributed by atoms with Gasteiger partial charge in [0.25, 0.3) is 5.91 Å². The Kier molecular flexibility index (Phi) is 5.36. The van der Waals surface area contributed by atoms with E-state index in [-0.39, 0.29) is 23.6 Å². The molecule has 0 fully saturated rings. The normalized spacial score (nSPS) is 16.0. The number of hydrazone groups is 1. The van der Waals surface area contributed by atoms with E-state index in [1.54, 1.807) is 12.3 Å². The standard InChI is InChI=1S/C22H18ClFN2O3/c1-14-4-6-15(7-5-14)19-12-20(21-3-2-10-28-21)26(25-19)22(27)13-29-16-8-9-18(24)17(23)11-16/h2-11,20H,12-13H2,1H3/t20-/m0/s1. The first kappa shape index (κ1) is 19.2. The third kappa shape index (κ3) is 4.17. The monoisotopic (exact) mass is 412 g/mol. The molecule has 0 radical (unpaired) electrons. The van der Waals surface area contributed by atoms with E-state index < -0.39 is 5.82 Å². The van der Waals surface area contributed by atoms with Crippen molar-refractivity contribution in [2.24, 2.45) is 5.10 Å². The Morgan fingerprint density at radius 3 is 2.76 bits per heavy atom. The first-order chi connectivity index (χ1) is 14.0. The van der Waals surface area contributed by atoms with E-state index in [4.69, 9.17) is 20.8 Å². The molecule has 7 heteroatoms. The van der Waals surface area contributed by atoms with Crippen LogP contribution in [0.4, 0.5) is 4.39 Å². The highest BCUT2D eigenvalue weighted by Crippen LogP contribution is 2.33. The second-order valence-electron chi connectivity index (χ2n) is 6.75. The number of ether oxygens (including phenoxy) is 1. The molecule has 29 heavy (non-hydrogen) atoms. The summed E-state index contributed by atoms with van der Waals surface area (Å²) in [5.41, 5.74) is 2.90. The second kappa shape index (κ2) is 8.09. The first-order valence-corrected chi connectivity index (χ1v) is 9.47. The molecule has 0 saturated heterocycles. The minimum Gasteiger partial charge on any atom is -0.484 e. The van der Waals surface area contributed by atoms with Gasteiger partial charge in [-0.3, -0.25) is 4.79 Å². The van der Waals surface area contributed by atoms with Crippen molar-refractivity contribution >= 4 is 23.2 Å². The fourth-order valence-electron chi connectivity index (χ4n) is 3.14. The van der Waals surface area contributed by atoms with Crippen LogP contribution < -0.4 is 4.74 Å². The van der Waals surface area contributed by atoms with Gasteiger partial charge in [-0.05, 0) is 36.8 Å². The molecule has 0 spiro atoms. The summed E-state index contributed by atoms with van der Waals surface area (Å²) >= 11 is 5.76. The van der Waals surface area contributed by atoms with E-state index in [0.717, 1.165) is 16.8 Å². The SMILES string of the molecule is Cc1ccc(C2=NN(C(=O)COc3ccc(F)c(Cl)c3)[C@H](c3ccco3)C2)cc1. The van der Waals surface area contributed by atoms with E-state index in [0.29, 0.717) is 17.9 Å². The Morgan fingerprint density at radius 2 is 2.07 bits per heavy atom.